The number of nitrogens with zero attached hydrogens (tertiary/aromatic N) is 2. The van der Waals surface area contributed by atoms with Crippen LogP contribution in [0.1, 0.15) is 43.5 Å². The Morgan fingerprint density at radius 1 is 1.35 bits per heavy atom. The Labute approximate surface area is 179 Å². The molecule has 8 nitrogen and oxygen atoms in total. The Bertz CT molecular complexity index is 1200. The van der Waals surface area contributed by atoms with E-state index >= 15 is 0 Å². The zero-order valence-electron chi connectivity index (χ0n) is 17.7. The third-order valence-electron chi connectivity index (χ3n) is 6.39. The molecule has 0 aliphatic heterocycles. The zero-order chi connectivity index (χ0) is 22.5. The molecule has 2 aromatic heterocycles. The molecular formula is C23H26N4O4. The van der Waals surface area contributed by atoms with Crippen molar-refractivity contribution in [3.63, 3.8) is 0 Å². The lowest BCUT2D eigenvalue weighted by molar-refractivity contribution is -0.0487. The van der Waals surface area contributed by atoms with E-state index in [4.69, 9.17) is 10.5 Å². The van der Waals surface area contributed by atoms with Gasteiger partial charge in [-0.3, -0.25) is 15.7 Å². The van der Waals surface area contributed by atoms with Crippen LogP contribution < -0.4 is 5.32 Å². The molecule has 0 bridgehead atoms. The summed E-state index contributed by atoms with van der Waals surface area (Å²) >= 11 is 0. The van der Waals surface area contributed by atoms with Gasteiger partial charge in [-0.25, -0.2) is 4.79 Å². The predicted molar refractivity (Wildman–Crippen MR) is 117 cm³/mol. The van der Waals surface area contributed by atoms with E-state index in [0.29, 0.717) is 6.42 Å². The molecule has 1 saturated carbocycles. The first-order chi connectivity index (χ1) is 14.7. The minimum Gasteiger partial charge on any atom is -0.465 e. The molecule has 31 heavy (non-hydrogen) atoms. The Kier molecular flexibility index (Phi) is 5.07. The van der Waals surface area contributed by atoms with Gasteiger partial charge >= 0.3 is 6.09 Å². The summed E-state index contributed by atoms with van der Waals surface area (Å²) in [6.45, 7) is 6.02. The van der Waals surface area contributed by atoms with Crippen LogP contribution in [0.15, 0.2) is 36.5 Å². The van der Waals surface area contributed by atoms with Crippen molar-refractivity contribution >= 4 is 22.8 Å². The number of aliphatic hydroxyl groups excluding tert-OH is 1. The van der Waals surface area contributed by atoms with Crippen molar-refractivity contribution in [1.82, 2.24) is 14.9 Å². The van der Waals surface area contributed by atoms with E-state index in [1.54, 1.807) is 16.8 Å². The van der Waals surface area contributed by atoms with Crippen LogP contribution in [0.2, 0.25) is 0 Å². The number of pyridine rings is 1. The zero-order valence-corrected chi connectivity index (χ0v) is 17.7. The highest BCUT2D eigenvalue weighted by atomic mass is 16.5. The van der Waals surface area contributed by atoms with Crippen LogP contribution in [0.4, 0.5) is 4.79 Å². The van der Waals surface area contributed by atoms with Gasteiger partial charge in [0, 0.05) is 22.8 Å². The Morgan fingerprint density at radius 3 is 2.65 bits per heavy atom. The van der Waals surface area contributed by atoms with Gasteiger partial charge in [0.15, 0.2) is 6.29 Å². The third kappa shape index (κ3) is 3.28. The van der Waals surface area contributed by atoms with E-state index < -0.39 is 17.9 Å². The fourth-order valence-electron chi connectivity index (χ4n) is 4.68. The van der Waals surface area contributed by atoms with Gasteiger partial charge in [-0.15, -0.1) is 0 Å². The van der Waals surface area contributed by atoms with Crippen LogP contribution in [-0.4, -0.2) is 36.8 Å². The van der Waals surface area contributed by atoms with Crippen LogP contribution >= 0.6 is 0 Å². The Morgan fingerprint density at radius 2 is 2.06 bits per heavy atom. The smallest absolute Gasteiger partial charge is 0.410 e. The van der Waals surface area contributed by atoms with Gasteiger partial charge in [0.1, 0.15) is 11.4 Å². The number of carboxylic acid groups (broad SMARTS) is 1. The molecule has 1 aliphatic rings. The summed E-state index contributed by atoms with van der Waals surface area (Å²) in [6, 6.07) is 9.49. The van der Waals surface area contributed by atoms with Gasteiger partial charge in [0.25, 0.3) is 0 Å². The number of aromatic nitrogens is 2. The number of fused-ring (bicyclic) bond motifs is 1. The van der Waals surface area contributed by atoms with Crippen LogP contribution in [0.3, 0.4) is 0 Å². The topological polar surface area (TPSA) is 131 Å². The molecule has 0 saturated heterocycles. The van der Waals surface area contributed by atoms with Crippen LogP contribution in [0.25, 0.3) is 22.0 Å². The van der Waals surface area contributed by atoms with Crippen molar-refractivity contribution < 1.29 is 20.1 Å². The van der Waals surface area contributed by atoms with Crippen molar-refractivity contribution in [2.75, 3.05) is 0 Å². The molecule has 4 rings (SSSR count). The van der Waals surface area contributed by atoms with Crippen LogP contribution in [0.5, 0.6) is 0 Å². The molecule has 0 radical (unpaired) electrons. The average molecular weight is 422 g/mol. The number of nitrogens with one attached hydrogen (secondary N) is 2. The molecule has 5 N–H and O–H groups in total. The van der Waals surface area contributed by atoms with E-state index in [-0.39, 0.29) is 17.4 Å². The molecule has 0 spiro atoms. The SMILES string of the molecule is CCc1nccc(-c2ccc3c(c2)cc(C(O)O)n3[C@@]2(C(=N)NC(=O)O)C[C@@H]2C)c1C. The van der Waals surface area contributed by atoms with E-state index in [0.717, 1.165) is 39.7 Å². The third-order valence-corrected chi connectivity index (χ3v) is 6.39. The number of hydrogen-bond donors (Lipinski definition) is 5. The summed E-state index contributed by atoms with van der Waals surface area (Å²) in [5, 5.41) is 40.6. The summed E-state index contributed by atoms with van der Waals surface area (Å²) in [6.07, 6.45) is 0.0822. The maximum atomic E-state index is 11.2. The summed E-state index contributed by atoms with van der Waals surface area (Å²) < 4.78 is 1.70. The largest absolute Gasteiger partial charge is 0.465 e. The lowest BCUT2D eigenvalue weighted by Crippen LogP contribution is -2.42. The quantitative estimate of drug-likeness (QED) is 0.244. The number of hydrogen-bond acceptors (Lipinski definition) is 5. The van der Waals surface area contributed by atoms with Crippen molar-refractivity contribution in [3.8, 4) is 11.1 Å². The number of amides is 1. The number of carbonyl (C=O) groups is 1. The highest BCUT2D eigenvalue weighted by Crippen LogP contribution is 2.53. The highest BCUT2D eigenvalue weighted by Gasteiger charge is 2.58. The minimum atomic E-state index is -1.76. The second-order valence-electron chi connectivity index (χ2n) is 8.17. The minimum absolute atomic E-state index is 0.0332. The fourth-order valence-corrected chi connectivity index (χ4v) is 4.68. The number of rotatable bonds is 5. The molecule has 1 aliphatic carbocycles. The first kappa shape index (κ1) is 21.0. The van der Waals surface area contributed by atoms with Crippen molar-refractivity contribution in [2.24, 2.45) is 5.92 Å². The first-order valence-corrected chi connectivity index (χ1v) is 10.3. The van der Waals surface area contributed by atoms with Crippen molar-refractivity contribution in [1.29, 1.82) is 5.41 Å². The summed E-state index contributed by atoms with van der Waals surface area (Å²) in [5.74, 6) is -0.206. The number of aryl methyl sites for hydroxylation is 1. The molecule has 8 heteroatoms. The van der Waals surface area contributed by atoms with Gasteiger partial charge in [0.05, 0.1) is 5.69 Å². The summed E-state index contributed by atoms with van der Waals surface area (Å²) in [5.41, 5.74) is 4.16. The van der Waals surface area contributed by atoms with Gasteiger partial charge in [-0.2, -0.15) is 0 Å². The molecule has 3 aromatic rings. The standard InChI is InChI=1S/C23H26N4O4/c1-4-17-13(3)16(7-8-25-17)14-5-6-18-15(9-14)10-19(20(28)29)27(18)23(11-12(23)2)21(24)26-22(30)31/h5-10,12,20,28-29H,4,11H2,1-3H3,(H2,24,26)(H,30,31)/t12-,23-/m0/s1. The normalized spacial score (nSPS) is 20.3. The molecule has 1 aromatic carbocycles. The molecule has 1 amide bonds. The van der Waals surface area contributed by atoms with Crippen molar-refractivity contribution in [2.45, 2.75) is 45.4 Å². The lowest BCUT2D eigenvalue weighted by Gasteiger charge is -2.25. The molecule has 162 valence electrons. The van der Waals surface area contributed by atoms with E-state index in [2.05, 4.69) is 17.2 Å². The van der Waals surface area contributed by atoms with Gasteiger partial charge < -0.3 is 19.9 Å². The molecule has 2 atom stereocenters. The molecule has 2 heterocycles. The monoisotopic (exact) mass is 422 g/mol. The number of amidine groups is 1. The number of aliphatic hydroxyl groups is 2. The molecular weight excluding hydrogens is 396 g/mol. The Hall–Kier alpha value is -3.23. The van der Waals surface area contributed by atoms with Crippen LogP contribution in [0, 0.1) is 18.3 Å². The van der Waals surface area contributed by atoms with Gasteiger partial charge in [-0.1, -0.05) is 19.9 Å². The second kappa shape index (κ2) is 7.47. The highest BCUT2D eigenvalue weighted by molar-refractivity contribution is 6.01. The van der Waals surface area contributed by atoms with E-state index in [1.165, 1.54) is 0 Å². The van der Waals surface area contributed by atoms with Gasteiger partial charge in [-0.05, 0) is 66.6 Å². The second-order valence-corrected chi connectivity index (χ2v) is 8.17. The average Bonchev–Trinajstić information content (AvgIpc) is 3.24. The fraction of sp³-hybridized carbons (Fsp3) is 0.348. The summed E-state index contributed by atoms with van der Waals surface area (Å²) in [4.78, 5) is 15.6. The first-order valence-electron chi connectivity index (χ1n) is 10.3. The number of benzene rings is 1. The van der Waals surface area contributed by atoms with E-state index in [9.17, 15) is 15.0 Å². The lowest BCUT2D eigenvalue weighted by atomic mass is 9.98. The molecule has 1 fully saturated rings. The predicted octanol–water partition coefficient (Wildman–Crippen LogP) is 3.54. The summed E-state index contributed by atoms with van der Waals surface area (Å²) in [7, 11) is 0. The maximum absolute atomic E-state index is 11.2. The van der Waals surface area contributed by atoms with Crippen molar-refractivity contribution in [3.05, 3.63) is 53.5 Å². The van der Waals surface area contributed by atoms with Gasteiger partial charge in [0.2, 0.25) is 0 Å². The van der Waals surface area contributed by atoms with Crippen LogP contribution in [-0.2, 0) is 12.0 Å². The molecule has 0 unspecified atom stereocenters. The maximum Gasteiger partial charge on any atom is 0.410 e. The Balaban J connectivity index is 1.89. The van der Waals surface area contributed by atoms with E-state index in [1.807, 2.05) is 38.1 Å².